The normalized spacial score (nSPS) is 20.7. The van der Waals surface area contributed by atoms with Crippen molar-refractivity contribution in [2.75, 3.05) is 14.1 Å². The minimum atomic E-state index is 0.248. The minimum Gasteiger partial charge on any atom is -0.299 e. The summed E-state index contributed by atoms with van der Waals surface area (Å²) in [5, 5.41) is 0. The van der Waals surface area contributed by atoms with Crippen LogP contribution < -0.4 is 0 Å². The maximum Gasteiger partial charge on any atom is 0.0480 e. The zero-order valence-electron chi connectivity index (χ0n) is 11.4. The molecule has 0 saturated heterocycles. The molecule has 1 aliphatic carbocycles. The largest absolute Gasteiger partial charge is 0.299 e. The summed E-state index contributed by atoms with van der Waals surface area (Å²) in [4.78, 5) is 2.46. The maximum absolute atomic E-state index is 2.46. The van der Waals surface area contributed by atoms with Gasteiger partial charge in [-0.25, -0.2) is 0 Å². The van der Waals surface area contributed by atoms with E-state index in [1.54, 1.807) is 0 Å². The van der Waals surface area contributed by atoms with Crippen molar-refractivity contribution in [2.45, 2.75) is 44.6 Å². The van der Waals surface area contributed by atoms with Crippen molar-refractivity contribution >= 4 is 0 Å². The predicted molar refractivity (Wildman–Crippen MR) is 74.1 cm³/mol. The molecule has 1 aromatic rings. The summed E-state index contributed by atoms with van der Waals surface area (Å²) >= 11 is 0. The van der Waals surface area contributed by atoms with Gasteiger partial charge < -0.3 is 0 Å². The monoisotopic (exact) mass is 231 g/mol. The predicted octanol–water partition coefficient (Wildman–Crippen LogP) is 4.04. The van der Waals surface area contributed by atoms with Crippen LogP contribution in [-0.2, 0) is 5.54 Å². The third-order valence-corrected chi connectivity index (χ3v) is 4.64. The third kappa shape index (κ3) is 2.13. The Balaban J connectivity index is 2.42. The smallest absolute Gasteiger partial charge is 0.0480 e. The summed E-state index contributed by atoms with van der Waals surface area (Å²) < 4.78 is 0. The van der Waals surface area contributed by atoms with E-state index in [1.807, 2.05) is 0 Å². The first-order valence-electron chi connectivity index (χ1n) is 6.94. The molecule has 0 unspecified atom stereocenters. The molecular formula is C16H25N. The first-order valence-corrected chi connectivity index (χ1v) is 6.94. The minimum absolute atomic E-state index is 0.248. The molecule has 94 valence electrons. The van der Waals surface area contributed by atoms with Gasteiger partial charge in [0.25, 0.3) is 0 Å². The van der Waals surface area contributed by atoms with E-state index in [9.17, 15) is 0 Å². The van der Waals surface area contributed by atoms with Crippen LogP contribution in [0.2, 0.25) is 0 Å². The first-order chi connectivity index (χ1) is 8.21. The Hall–Kier alpha value is -0.820. The highest BCUT2D eigenvalue weighted by molar-refractivity contribution is 5.26. The Labute approximate surface area is 106 Å². The van der Waals surface area contributed by atoms with Crippen LogP contribution >= 0.6 is 0 Å². The molecule has 0 aromatic heterocycles. The molecule has 17 heavy (non-hydrogen) atoms. The van der Waals surface area contributed by atoms with Gasteiger partial charge in [-0.2, -0.15) is 0 Å². The number of hydrogen-bond acceptors (Lipinski definition) is 1. The van der Waals surface area contributed by atoms with Crippen LogP contribution in [0.4, 0.5) is 0 Å². The zero-order chi connectivity index (χ0) is 12.3. The second-order valence-electron chi connectivity index (χ2n) is 5.52. The zero-order valence-corrected chi connectivity index (χ0v) is 11.4. The summed E-state index contributed by atoms with van der Waals surface area (Å²) in [7, 11) is 4.49. The first kappa shape index (κ1) is 12.6. The summed E-state index contributed by atoms with van der Waals surface area (Å²) in [6, 6.07) is 11.1. The molecule has 1 aliphatic rings. The average molecular weight is 231 g/mol. The molecule has 1 atom stereocenters. The van der Waals surface area contributed by atoms with Gasteiger partial charge in [-0.3, -0.25) is 4.90 Å². The molecule has 0 radical (unpaired) electrons. The van der Waals surface area contributed by atoms with Crippen molar-refractivity contribution < 1.29 is 0 Å². The summed E-state index contributed by atoms with van der Waals surface area (Å²) in [6.07, 6.45) is 6.80. The van der Waals surface area contributed by atoms with Gasteiger partial charge in [0.15, 0.2) is 0 Å². The lowest BCUT2D eigenvalue weighted by Gasteiger charge is -2.45. The lowest BCUT2D eigenvalue weighted by Crippen LogP contribution is -2.46. The third-order valence-electron chi connectivity index (χ3n) is 4.64. The molecule has 1 saturated carbocycles. The highest BCUT2D eigenvalue weighted by Gasteiger charge is 2.41. The number of hydrogen-bond donors (Lipinski definition) is 0. The van der Waals surface area contributed by atoms with Crippen LogP contribution in [0.5, 0.6) is 0 Å². The van der Waals surface area contributed by atoms with Gasteiger partial charge in [-0.05, 0) is 44.8 Å². The van der Waals surface area contributed by atoms with Crippen molar-refractivity contribution in [2.24, 2.45) is 5.92 Å². The molecule has 0 spiro atoms. The molecule has 1 nitrogen and oxygen atoms in total. The fourth-order valence-electron chi connectivity index (χ4n) is 3.80. The molecule has 0 amide bonds. The lowest BCUT2D eigenvalue weighted by molar-refractivity contribution is 0.0718. The summed E-state index contributed by atoms with van der Waals surface area (Å²) in [6.45, 7) is 2.34. The van der Waals surface area contributed by atoms with Crippen LogP contribution in [0.15, 0.2) is 30.3 Å². The van der Waals surface area contributed by atoms with Crippen LogP contribution in [0.25, 0.3) is 0 Å². The molecule has 0 heterocycles. The maximum atomic E-state index is 2.46. The van der Waals surface area contributed by atoms with Crippen LogP contribution in [0.1, 0.15) is 44.6 Å². The van der Waals surface area contributed by atoms with Gasteiger partial charge in [-0.15, -0.1) is 0 Å². The molecule has 0 N–H and O–H groups in total. The standard InChI is InChI=1S/C16H25N/c1-4-16(17(2)3,15-12-8-9-13-15)14-10-6-5-7-11-14/h5-7,10-11,15H,4,8-9,12-13H2,1-3H3/t16-/m1/s1. The fourth-order valence-corrected chi connectivity index (χ4v) is 3.80. The highest BCUT2D eigenvalue weighted by atomic mass is 15.2. The number of benzene rings is 1. The SMILES string of the molecule is CC[C@@](c1ccccc1)(C1CCCC1)N(C)C. The van der Waals surface area contributed by atoms with E-state index in [0.29, 0.717) is 0 Å². The Morgan fingerprint density at radius 3 is 2.18 bits per heavy atom. The lowest BCUT2D eigenvalue weighted by atomic mass is 9.74. The highest BCUT2D eigenvalue weighted by Crippen LogP contribution is 2.45. The van der Waals surface area contributed by atoms with Crippen molar-refractivity contribution in [3.05, 3.63) is 35.9 Å². The molecule has 2 rings (SSSR count). The van der Waals surface area contributed by atoms with Gasteiger partial charge in [0.05, 0.1) is 0 Å². The molecule has 1 aromatic carbocycles. The number of rotatable bonds is 4. The topological polar surface area (TPSA) is 3.24 Å². The van der Waals surface area contributed by atoms with E-state index in [1.165, 1.54) is 37.7 Å². The van der Waals surface area contributed by atoms with E-state index in [-0.39, 0.29) is 5.54 Å². The summed E-state index contributed by atoms with van der Waals surface area (Å²) in [5.74, 6) is 0.824. The average Bonchev–Trinajstić information content (AvgIpc) is 2.86. The van der Waals surface area contributed by atoms with Crippen LogP contribution in [0.3, 0.4) is 0 Å². The quantitative estimate of drug-likeness (QED) is 0.756. The molecule has 1 fully saturated rings. The van der Waals surface area contributed by atoms with Crippen molar-refractivity contribution in [1.29, 1.82) is 0 Å². The second kappa shape index (κ2) is 5.22. The number of nitrogens with zero attached hydrogens (tertiary/aromatic N) is 1. The molecule has 0 bridgehead atoms. The van der Waals surface area contributed by atoms with Crippen molar-refractivity contribution in [1.82, 2.24) is 4.90 Å². The molecule has 1 heteroatoms. The van der Waals surface area contributed by atoms with Gasteiger partial charge in [0.1, 0.15) is 0 Å². The van der Waals surface area contributed by atoms with Crippen molar-refractivity contribution in [3.63, 3.8) is 0 Å². The Morgan fingerprint density at radius 2 is 1.71 bits per heavy atom. The van der Waals surface area contributed by atoms with E-state index in [4.69, 9.17) is 0 Å². The van der Waals surface area contributed by atoms with Crippen molar-refractivity contribution in [3.8, 4) is 0 Å². The van der Waals surface area contributed by atoms with Gasteiger partial charge in [-0.1, -0.05) is 50.1 Å². The van der Waals surface area contributed by atoms with E-state index < -0.39 is 0 Å². The van der Waals surface area contributed by atoms with Gasteiger partial charge in [0, 0.05) is 5.54 Å². The van der Waals surface area contributed by atoms with E-state index >= 15 is 0 Å². The second-order valence-corrected chi connectivity index (χ2v) is 5.52. The van der Waals surface area contributed by atoms with Gasteiger partial charge in [0.2, 0.25) is 0 Å². The Kier molecular flexibility index (Phi) is 3.88. The Morgan fingerprint density at radius 1 is 1.12 bits per heavy atom. The Bertz CT molecular complexity index is 338. The van der Waals surface area contributed by atoms with E-state index in [0.717, 1.165) is 5.92 Å². The van der Waals surface area contributed by atoms with Crippen LogP contribution in [-0.4, -0.2) is 19.0 Å². The molecular weight excluding hydrogens is 206 g/mol. The van der Waals surface area contributed by atoms with Gasteiger partial charge >= 0.3 is 0 Å². The fraction of sp³-hybridized carbons (Fsp3) is 0.625. The van der Waals surface area contributed by atoms with E-state index in [2.05, 4.69) is 56.3 Å². The van der Waals surface area contributed by atoms with Crippen LogP contribution in [0, 0.1) is 5.92 Å². The summed E-state index contributed by atoms with van der Waals surface area (Å²) in [5.41, 5.74) is 1.75. The molecule has 0 aliphatic heterocycles.